The first-order valence-electron chi connectivity index (χ1n) is 9.37. The van der Waals surface area contributed by atoms with Gasteiger partial charge in [-0.15, -0.1) is 0 Å². The maximum Gasteiger partial charge on any atom is 0.133 e. The van der Waals surface area contributed by atoms with Crippen molar-refractivity contribution in [1.82, 2.24) is 20.2 Å². The number of hydrogen-bond acceptors (Lipinski definition) is 6. The minimum Gasteiger partial charge on any atom is -0.490 e. The number of H-pyrrole nitrogens is 1. The molecule has 0 radical (unpaired) electrons. The minimum absolute atomic E-state index is 0.0618. The third-order valence-electron chi connectivity index (χ3n) is 4.73. The summed E-state index contributed by atoms with van der Waals surface area (Å²) < 4.78 is 11.8. The van der Waals surface area contributed by atoms with Crippen molar-refractivity contribution in [2.45, 2.75) is 45.9 Å². The number of aromatic amines is 1. The molecule has 4 heterocycles. The molecular formula is C20H25N5O2. The molecule has 1 fully saturated rings. The summed E-state index contributed by atoms with van der Waals surface area (Å²) in [6.45, 7) is 9.74. The lowest BCUT2D eigenvalue weighted by atomic mass is 10.1. The van der Waals surface area contributed by atoms with Crippen LogP contribution >= 0.6 is 0 Å². The first-order valence-corrected chi connectivity index (χ1v) is 9.37. The van der Waals surface area contributed by atoms with Crippen LogP contribution < -0.4 is 9.64 Å². The van der Waals surface area contributed by atoms with Crippen LogP contribution in [0.3, 0.4) is 0 Å². The fraction of sp³-hybridized carbons (Fsp3) is 0.450. The van der Waals surface area contributed by atoms with Crippen LogP contribution in [0, 0.1) is 0 Å². The third-order valence-corrected chi connectivity index (χ3v) is 4.73. The first kappa shape index (κ1) is 17.7. The van der Waals surface area contributed by atoms with Crippen molar-refractivity contribution >= 4 is 16.7 Å². The number of ether oxygens (including phenoxy) is 2. The van der Waals surface area contributed by atoms with Crippen LogP contribution in [-0.4, -0.2) is 51.6 Å². The van der Waals surface area contributed by atoms with Crippen LogP contribution in [-0.2, 0) is 4.74 Å². The quantitative estimate of drug-likeness (QED) is 0.761. The van der Waals surface area contributed by atoms with Crippen LogP contribution in [0.2, 0.25) is 0 Å². The normalized spacial score (nSPS) is 20.4. The predicted molar refractivity (Wildman–Crippen MR) is 105 cm³/mol. The van der Waals surface area contributed by atoms with E-state index >= 15 is 0 Å². The zero-order chi connectivity index (χ0) is 19.0. The van der Waals surface area contributed by atoms with Crippen LogP contribution in [0.15, 0.2) is 30.6 Å². The number of rotatable bonds is 4. The largest absolute Gasteiger partial charge is 0.490 e. The monoisotopic (exact) mass is 367 g/mol. The maximum absolute atomic E-state index is 6.15. The van der Waals surface area contributed by atoms with Crippen molar-refractivity contribution in [3.63, 3.8) is 0 Å². The lowest BCUT2D eigenvalue weighted by Crippen LogP contribution is -2.50. The molecule has 4 rings (SSSR count). The van der Waals surface area contributed by atoms with E-state index in [2.05, 4.69) is 33.9 Å². The summed E-state index contributed by atoms with van der Waals surface area (Å²) in [5, 5.41) is 8.00. The Morgan fingerprint density at radius 3 is 2.63 bits per heavy atom. The zero-order valence-corrected chi connectivity index (χ0v) is 16.1. The molecule has 0 saturated carbocycles. The van der Waals surface area contributed by atoms with E-state index in [-0.39, 0.29) is 18.2 Å². The highest BCUT2D eigenvalue weighted by atomic mass is 16.5. The Balaban J connectivity index is 1.93. The average molecular weight is 367 g/mol. The number of morpholine rings is 1. The number of fused-ring (bicyclic) bond motifs is 1. The van der Waals surface area contributed by atoms with Crippen LogP contribution in [0.4, 0.5) is 5.82 Å². The van der Waals surface area contributed by atoms with Gasteiger partial charge in [0.2, 0.25) is 0 Å². The molecule has 0 bridgehead atoms. The molecule has 3 aromatic heterocycles. The highest BCUT2D eigenvalue weighted by Crippen LogP contribution is 2.35. The van der Waals surface area contributed by atoms with Crippen molar-refractivity contribution in [2.75, 3.05) is 18.1 Å². The number of nitrogens with one attached hydrogen (secondary N) is 1. The van der Waals surface area contributed by atoms with E-state index in [4.69, 9.17) is 14.5 Å². The molecule has 1 aliphatic heterocycles. The Kier molecular flexibility index (Phi) is 4.70. The second-order valence-electron chi connectivity index (χ2n) is 7.31. The standard InChI is InChI=1S/C20H25N5O2/c1-12(2)27-17-9-18(25-13(3)10-26-11-14(25)4)23-19-15(17)5-7-21-20(19)16-6-8-22-24-16/h5-9,12-14H,10-11H2,1-4H3,(H,22,24)/t13-,14+. The second kappa shape index (κ2) is 7.15. The van der Waals surface area contributed by atoms with Crippen molar-refractivity contribution in [3.05, 3.63) is 30.6 Å². The molecular weight excluding hydrogens is 342 g/mol. The van der Waals surface area contributed by atoms with Gasteiger partial charge in [0.25, 0.3) is 0 Å². The molecule has 0 amide bonds. The summed E-state index contributed by atoms with van der Waals surface area (Å²) in [5.41, 5.74) is 2.42. The van der Waals surface area contributed by atoms with Crippen LogP contribution in [0.5, 0.6) is 5.75 Å². The summed E-state index contributed by atoms with van der Waals surface area (Å²) in [6, 6.07) is 6.36. The molecule has 0 spiro atoms. The summed E-state index contributed by atoms with van der Waals surface area (Å²) in [6.07, 6.45) is 3.57. The topological polar surface area (TPSA) is 76.2 Å². The fourth-order valence-electron chi connectivity index (χ4n) is 3.63. The number of hydrogen-bond donors (Lipinski definition) is 1. The average Bonchev–Trinajstić information content (AvgIpc) is 3.15. The molecule has 2 atom stereocenters. The Bertz CT molecular complexity index is 916. The minimum atomic E-state index is 0.0618. The number of anilines is 1. The number of nitrogens with zero attached hydrogens (tertiary/aromatic N) is 4. The van der Waals surface area contributed by atoms with E-state index in [1.165, 1.54) is 0 Å². The van der Waals surface area contributed by atoms with Gasteiger partial charge >= 0.3 is 0 Å². The summed E-state index contributed by atoms with van der Waals surface area (Å²) >= 11 is 0. The van der Waals surface area contributed by atoms with Crippen LogP contribution in [0.25, 0.3) is 22.3 Å². The van der Waals surface area contributed by atoms with E-state index in [1.807, 2.05) is 32.0 Å². The van der Waals surface area contributed by atoms with Crippen molar-refractivity contribution in [2.24, 2.45) is 0 Å². The molecule has 27 heavy (non-hydrogen) atoms. The number of aromatic nitrogens is 4. The molecule has 7 nitrogen and oxygen atoms in total. The van der Waals surface area contributed by atoms with E-state index < -0.39 is 0 Å². The Morgan fingerprint density at radius 1 is 1.19 bits per heavy atom. The van der Waals surface area contributed by atoms with Crippen molar-refractivity contribution < 1.29 is 9.47 Å². The van der Waals surface area contributed by atoms with E-state index in [0.29, 0.717) is 13.2 Å². The molecule has 142 valence electrons. The molecule has 0 unspecified atom stereocenters. The summed E-state index contributed by atoms with van der Waals surface area (Å²) in [7, 11) is 0. The van der Waals surface area contributed by atoms with Crippen LogP contribution in [0.1, 0.15) is 27.7 Å². The van der Waals surface area contributed by atoms with Gasteiger partial charge in [-0.3, -0.25) is 10.1 Å². The van der Waals surface area contributed by atoms with Gasteiger partial charge < -0.3 is 14.4 Å². The van der Waals surface area contributed by atoms with Gasteiger partial charge in [-0.2, -0.15) is 5.10 Å². The molecule has 1 N–H and O–H groups in total. The molecule has 0 aromatic carbocycles. The van der Waals surface area contributed by atoms with Gasteiger partial charge in [0, 0.05) is 23.8 Å². The van der Waals surface area contributed by atoms with E-state index in [1.54, 1.807) is 12.4 Å². The fourth-order valence-corrected chi connectivity index (χ4v) is 3.63. The van der Waals surface area contributed by atoms with E-state index in [9.17, 15) is 0 Å². The highest BCUT2D eigenvalue weighted by molar-refractivity contribution is 5.95. The van der Waals surface area contributed by atoms with Gasteiger partial charge in [0.1, 0.15) is 22.8 Å². The Hall–Kier alpha value is -2.67. The first-order chi connectivity index (χ1) is 13.0. The predicted octanol–water partition coefficient (Wildman–Crippen LogP) is 3.42. The lowest BCUT2D eigenvalue weighted by molar-refractivity contribution is 0.0752. The maximum atomic E-state index is 6.15. The second-order valence-corrected chi connectivity index (χ2v) is 7.31. The van der Waals surface area contributed by atoms with Gasteiger partial charge in [0.15, 0.2) is 0 Å². The van der Waals surface area contributed by atoms with Gasteiger partial charge in [-0.25, -0.2) is 4.98 Å². The SMILES string of the molecule is CC(C)Oc1cc(N2[C@H](C)COC[C@@H]2C)nc2c(-c3ccn[nH]3)nccc12. The molecule has 1 aliphatic rings. The zero-order valence-electron chi connectivity index (χ0n) is 16.1. The Morgan fingerprint density at radius 2 is 1.96 bits per heavy atom. The van der Waals surface area contributed by atoms with Crippen molar-refractivity contribution in [3.8, 4) is 17.1 Å². The third kappa shape index (κ3) is 3.35. The van der Waals surface area contributed by atoms with E-state index in [0.717, 1.165) is 33.9 Å². The smallest absolute Gasteiger partial charge is 0.133 e. The number of pyridine rings is 2. The Labute approximate surface area is 158 Å². The lowest BCUT2D eigenvalue weighted by Gasteiger charge is -2.40. The highest BCUT2D eigenvalue weighted by Gasteiger charge is 2.28. The van der Waals surface area contributed by atoms with Gasteiger partial charge in [-0.1, -0.05) is 0 Å². The summed E-state index contributed by atoms with van der Waals surface area (Å²) in [5.74, 6) is 1.70. The summed E-state index contributed by atoms with van der Waals surface area (Å²) in [4.78, 5) is 11.9. The molecule has 1 saturated heterocycles. The molecule has 7 heteroatoms. The molecule has 0 aliphatic carbocycles. The molecule has 3 aromatic rings. The van der Waals surface area contributed by atoms with Gasteiger partial charge in [0.05, 0.1) is 37.1 Å². The van der Waals surface area contributed by atoms with Gasteiger partial charge in [-0.05, 0) is 39.8 Å². The van der Waals surface area contributed by atoms with Crippen molar-refractivity contribution in [1.29, 1.82) is 0 Å².